The van der Waals surface area contributed by atoms with E-state index in [4.69, 9.17) is 28.9 Å². The maximum Gasteiger partial charge on any atom is 0.106 e. The standard InChI is InChI=1S/C9H10Cl2N2O/c1-14-13-9(5-12)7-3-2-6(10)4-8(7)11/h2-4H,5,12H2,1H3/b13-9-. The molecule has 0 saturated heterocycles. The first-order chi connectivity index (χ1) is 6.69. The van der Waals surface area contributed by atoms with E-state index in [2.05, 4.69) is 9.99 Å². The number of oxime groups is 1. The number of nitrogens with zero attached hydrogens (tertiary/aromatic N) is 1. The van der Waals surface area contributed by atoms with Crippen molar-refractivity contribution >= 4 is 28.9 Å². The molecule has 0 bridgehead atoms. The highest BCUT2D eigenvalue weighted by Crippen LogP contribution is 2.21. The largest absolute Gasteiger partial charge is 0.399 e. The van der Waals surface area contributed by atoms with Gasteiger partial charge in [-0.2, -0.15) is 0 Å². The average molecular weight is 233 g/mol. The van der Waals surface area contributed by atoms with Gasteiger partial charge in [-0.1, -0.05) is 28.4 Å². The van der Waals surface area contributed by atoms with E-state index in [1.807, 2.05) is 0 Å². The van der Waals surface area contributed by atoms with E-state index >= 15 is 0 Å². The van der Waals surface area contributed by atoms with Crippen molar-refractivity contribution in [3.8, 4) is 0 Å². The van der Waals surface area contributed by atoms with Crippen LogP contribution in [0.5, 0.6) is 0 Å². The van der Waals surface area contributed by atoms with E-state index in [0.717, 1.165) is 5.56 Å². The van der Waals surface area contributed by atoms with E-state index in [1.165, 1.54) is 7.11 Å². The maximum absolute atomic E-state index is 5.96. The summed E-state index contributed by atoms with van der Waals surface area (Å²) in [6.45, 7) is 0.259. The maximum atomic E-state index is 5.96. The van der Waals surface area contributed by atoms with E-state index in [9.17, 15) is 0 Å². The molecule has 1 rings (SSSR count). The van der Waals surface area contributed by atoms with Crippen LogP contribution in [0.15, 0.2) is 23.4 Å². The Morgan fingerprint density at radius 3 is 2.71 bits per heavy atom. The molecular formula is C9H10Cl2N2O. The van der Waals surface area contributed by atoms with Gasteiger partial charge in [-0.05, 0) is 18.2 Å². The van der Waals surface area contributed by atoms with Crippen molar-refractivity contribution in [3.05, 3.63) is 33.8 Å². The lowest BCUT2D eigenvalue weighted by Crippen LogP contribution is -2.15. The van der Waals surface area contributed by atoms with Gasteiger partial charge in [0, 0.05) is 17.1 Å². The van der Waals surface area contributed by atoms with Gasteiger partial charge in [-0.15, -0.1) is 0 Å². The fourth-order valence-electron chi connectivity index (χ4n) is 1.03. The number of nitrogens with two attached hydrogens (primary N) is 1. The molecule has 0 radical (unpaired) electrons. The molecule has 0 atom stereocenters. The molecule has 5 heteroatoms. The molecule has 0 aliphatic rings. The summed E-state index contributed by atoms with van der Waals surface area (Å²) in [4.78, 5) is 4.65. The molecule has 0 unspecified atom stereocenters. The minimum atomic E-state index is 0.259. The molecule has 3 nitrogen and oxygen atoms in total. The Bertz CT molecular complexity index is 353. The molecule has 14 heavy (non-hydrogen) atoms. The highest BCUT2D eigenvalue weighted by molar-refractivity contribution is 6.37. The molecule has 0 aromatic heterocycles. The molecule has 2 N–H and O–H groups in total. The lowest BCUT2D eigenvalue weighted by molar-refractivity contribution is 0.213. The number of halogens is 2. The molecule has 0 heterocycles. The normalized spacial score (nSPS) is 11.6. The predicted molar refractivity (Wildman–Crippen MR) is 59.1 cm³/mol. The number of hydrogen-bond donors (Lipinski definition) is 1. The van der Waals surface area contributed by atoms with E-state index in [1.54, 1.807) is 18.2 Å². The second-order valence-electron chi connectivity index (χ2n) is 2.55. The van der Waals surface area contributed by atoms with Crippen molar-refractivity contribution in [1.82, 2.24) is 0 Å². The van der Waals surface area contributed by atoms with Crippen molar-refractivity contribution in [3.63, 3.8) is 0 Å². The lowest BCUT2D eigenvalue weighted by Gasteiger charge is -2.05. The van der Waals surface area contributed by atoms with Gasteiger partial charge < -0.3 is 10.6 Å². The first-order valence-corrected chi connectivity index (χ1v) is 4.70. The molecular weight excluding hydrogens is 223 g/mol. The number of rotatable bonds is 3. The second kappa shape index (κ2) is 5.20. The zero-order valence-electron chi connectivity index (χ0n) is 7.63. The minimum Gasteiger partial charge on any atom is -0.399 e. The SMILES string of the molecule is CO/N=C(/CN)c1ccc(Cl)cc1Cl. The van der Waals surface area contributed by atoms with Crippen LogP contribution in [0.1, 0.15) is 5.56 Å². The Hall–Kier alpha value is -0.770. The van der Waals surface area contributed by atoms with Crippen LogP contribution in [0.2, 0.25) is 10.0 Å². The van der Waals surface area contributed by atoms with Crippen molar-refractivity contribution < 1.29 is 4.84 Å². The zero-order valence-corrected chi connectivity index (χ0v) is 9.14. The van der Waals surface area contributed by atoms with Crippen LogP contribution in [-0.2, 0) is 4.84 Å². The first-order valence-electron chi connectivity index (χ1n) is 3.94. The van der Waals surface area contributed by atoms with E-state index in [-0.39, 0.29) is 6.54 Å². The van der Waals surface area contributed by atoms with Crippen LogP contribution >= 0.6 is 23.2 Å². The van der Waals surface area contributed by atoms with Crippen LogP contribution in [0.3, 0.4) is 0 Å². The summed E-state index contributed by atoms with van der Waals surface area (Å²) in [7, 11) is 1.46. The van der Waals surface area contributed by atoms with Gasteiger partial charge in [-0.3, -0.25) is 0 Å². The smallest absolute Gasteiger partial charge is 0.106 e. The third-order valence-corrected chi connectivity index (χ3v) is 2.18. The zero-order chi connectivity index (χ0) is 10.6. The molecule has 0 aliphatic heterocycles. The molecule has 1 aromatic carbocycles. The Kier molecular flexibility index (Phi) is 4.20. The molecule has 0 amide bonds. The summed E-state index contributed by atoms with van der Waals surface area (Å²) in [6.07, 6.45) is 0. The highest BCUT2D eigenvalue weighted by atomic mass is 35.5. The first kappa shape index (κ1) is 11.3. The summed E-state index contributed by atoms with van der Waals surface area (Å²) >= 11 is 11.7. The van der Waals surface area contributed by atoms with Gasteiger partial charge in [-0.25, -0.2) is 0 Å². The number of hydrogen-bond acceptors (Lipinski definition) is 3. The second-order valence-corrected chi connectivity index (χ2v) is 3.39. The average Bonchev–Trinajstić information content (AvgIpc) is 2.15. The minimum absolute atomic E-state index is 0.259. The third kappa shape index (κ3) is 2.61. The molecule has 0 aliphatic carbocycles. The molecule has 0 saturated carbocycles. The van der Waals surface area contributed by atoms with Gasteiger partial charge >= 0.3 is 0 Å². The van der Waals surface area contributed by atoms with Crippen molar-refractivity contribution in [1.29, 1.82) is 0 Å². The van der Waals surface area contributed by atoms with Gasteiger partial charge in [0.05, 0.1) is 5.02 Å². The Morgan fingerprint density at radius 1 is 1.50 bits per heavy atom. The summed E-state index contributed by atoms with van der Waals surface area (Å²) in [6, 6.07) is 5.12. The molecule has 76 valence electrons. The topological polar surface area (TPSA) is 47.6 Å². The summed E-state index contributed by atoms with van der Waals surface area (Å²) in [5, 5.41) is 4.86. The van der Waals surface area contributed by atoms with Crippen molar-refractivity contribution in [2.24, 2.45) is 10.9 Å². The predicted octanol–water partition coefficient (Wildman–Crippen LogP) is 2.30. The fourth-order valence-corrected chi connectivity index (χ4v) is 1.55. The van der Waals surface area contributed by atoms with Crippen molar-refractivity contribution in [2.45, 2.75) is 0 Å². The Labute approximate surface area is 92.4 Å². The van der Waals surface area contributed by atoms with Crippen LogP contribution in [0, 0.1) is 0 Å². The Morgan fingerprint density at radius 2 is 2.21 bits per heavy atom. The van der Waals surface area contributed by atoms with Gasteiger partial charge in [0.25, 0.3) is 0 Å². The monoisotopic (exact) mass is 232 g/mol. The quantitative estimate of drug-likeness (QED) is 0.643. The van der Waals surface area contributed by atoms with E-state index in [0.29, 0.717) is 15.8 Å². The third-order valence-electron chi connectivity index (χ3n) is 1.64. The Balaban J connectivity index is 3.11. The number of benzene rings is 1. The summed E-state index contributed by atoms with van der Waals surface area (Å²) in [5.41, 5.74) is 6.82. The lowest BCUT2D eigenvalue weighted by atomic mass is 10.1. The van der Waals surface area contributed by atoms with Gasteiger partial charge in [0.1, 0.15) is 12.8 Å². The fraction of sp³-hybridized carbons (Fsp3) is 0.222. The van der Waals surface area contributed by atoms with Crippen LogP contribution in [0.4, 0.5) is 0 Å². The van der Waals surface area contributed by atoms with Crippen LogP contribution in [0.25, 0.3) is 0 Å². The summed E-state index contributed by atoms with van der Waals surface area (Å²) < 4.78 is 0. The van der Waals surface area contributed by atoms with Gasteiger partial charge in [0.2, 0.25) is 0 Å². The summed E-state index contributed by atoms with van der Waals surface area (Å²) in [5.74, 6) is 0. The van der Waals surface area contributed by atoms with Gasteiger partial charge in [0.15, 0.2) is 0 Å². The molecule has 0 fully saturated rings. The molecule has 0 spiro atoms. The van der Waals surface area contributed by atoms with Crippen LogP contribution in [-0.4, -0.2) is 19.4 Å². The van der Waals surface area contributed by atoms with Crippen LogP contribution < -0.4 is 5.73 Å². The van der Waals surface area contributed by atoms with E-state index < -0.39 is 0 Å². The van der Waals surface area contributed by atoms with Crippen molar-refractivity contribution in [2.75, 3.05) is 13.7 Å². The molecule has 1 aromatic rings. The highest BCUT2D eigenvalue weighted by Gasteiger charge is 2.07.